The van der Waals surface area contributed by atoms with E-state index in [1.165, 1.54) is 14.0 Å². The number of hydrogen-bond donors (Lipinski definition) is 2. The molecule has 4 nitrogen and oxygen atoms in total. The smallest absolute Gasteiger partial charge is 0.394 e. The number of aromatic nitrogens is 2. The Balaban J connectivity index is 3.48. The molecule has 0 aliphatic carbocycles. The molecule has 92 valence electrons. The molecule has 0 aliphatic rings. The van der Waals surface area contributed by atoms with Crippen molar-refractivity contribution < 1.29 is 18.3 Å². The minimum Gasteiger partial charge on any atom is -0.394 e. The topological polar surface area (TPSA) is 64.1 Å². The van der Waals surface area contributed by atoms with Crippen LogP contribution in [0.15, 0.2) is 0 Å². The second kappa shape index (κ2) is 3.90. The van der Waals surface area contributed by atoms with Gasteiger partial charge in [-0.15, -0.1) is 0 Å². The molecule has 0 fully saturated rings. The van der Waals surface area contributed by atoms with Crippen molar-refractivity contribution in [2.24, 2.45) is 12.8 Å². The van der Waals surface area contributed by atoms with Crippen LogP contribution in [0.2, 0.25) is 5.15 Å². The number of alkyl halides is 3. The molecule has 0 amide bonds. The summed E-state index contributed by atoms with van der Waals surface area (Å²) in [6.45, 7) is 0.590. The van der Waals surface area contributed by atoms with Gasteiger partial charge in [0, 0.05) is 12.6 Å². The van der Waals surface area contributed by atoms with Gasteiger partial charge in [0.05, 0.1) is 12.1 Å². The second-order valence-corrected chi connectivity index (χ2v) is 4.07. The molecule has 1 atom stereocenters. The second-order valence-electron chi connectivity index (χ2n) is 3.71. The molecular formula is C8H11ClF3N3O. The van der Waals surface area contributed by atoms with Crippen LogP contribution in [0.4, 0.5) is 13.2 Å². The highest BCUT2D eigenvalue weighted by Gasteiger charge is 2.43. The van der Waals surface area contributed by atoms with Crippen molar-refractivity contribution in [1.82, 2.24) is 9.78 Å². The van der Waals surface area contributed by atoms with E-state index in [0.29, 0.717) is 0 Å². The first-order valence-corrected chi connectivity index (χ1v) is 4.69. The van der Waals surface area contributed by atoms with Crippen molar-refractivity contribution >= 4 is 11.6 Å². The standard InChI is InChI=1S/C8H11ClF3N3O/c1-7(13,3-16)4-5(8(10,11)12)14-15(2)6(4)9/h16H,3,13H2,1-2H3. The van der Waals surface area contributed by atoms with Crippen LogP contribution in [-0.4, -0.2) is 21.5 Å². The van der Waals surface area contributed by atoms with Crippen molar-refractivity contribution in [3.05, 3.63) is 16.4 Å². The van der Waals surface area contributed by atoms with E-state index in [9.17, 15) is 13.2 Å². The van der Waals surface area contributed by atoms with Gasteiger partial charge in [0.1, 0.15) is 5.15 Å². The van der Waals surface area contributed by atoms with Gasteiger partial charge in [0.15, 0.2) is 5.69 Å². The van der Waals surface area contributed by atoms with Crippen LogP contribution in [0.3, 0.4) is 0 Å². The number of rotatable bonds is 2. The Hall–Kier alpha value is -0.790. The van der Waals surface area contributed by atoms with E-state index >= 15 is 0 Å². The molecule has 1 rings (SSSR count). The molecule has 0 aliphatic heterocycles. The predicted octanol–water partition coefficient (Wildman–Crippen LogP) is 1.26. The van der Waals surface area contributed by atoms with E-state index in [1.807, 2.05) is 0 Å². The van der Waals surface area contributed by atoms with Crippen molar-refractivity contribution in [3.8, 4) is 0 Å². The zero-order chi connectivity index (χ0) is 12.7. The van der Waals surface area contributed by atoms with Gasteiger partial charge < -0.3 is 10.8 Å². The Labute approximate surface area is 94.8 Å². The van der Waals surface area contributed by atoms with Crippen LogP contribution in [0.5, 0.6) is 0 Å². The molecule has 0 bridgehead atoms. The van der Waals surface area contributed by atoms with Crippen molar-refractivity contribution in [2.45, 2.75) is 18.6 Å². The maximum Gasteiger partial charge on any atom is 0.435 e. The summed E-state index contributed by atoms with van der Waals surface area (Å²) in [5.41, 5.74) is 2.41. The molecular weight excluding hydrogens is 247 g/mol. The highest BCUT2D eigenvalue weighted by atomic mass is 35.5. The third-order valence-electron chi connectivity index (χ3n) is 2.15. The normalized spacial score (nSPS) is 16.2. The molecule has 0 radical (unpaired) electrons. The van der Waals surface area contributed by atoms with Gasteiger partial charge in [-0.25, -0.2) is 0 Å². The third-order valence-corrected chi connectivity index (χ3v) is 2.58. The lowest BCUT2D eigenvalue weighted by molar-refractivity contribution is -0.142. The number of aliphatic hydroxyl groups excluding tert-OH is 1. The number of nitrogens with zero attached hydrogens (tertiary/aromatic N) is 2. The Morgan fingerprint density at radius 2 is 2.00 bits per heavy atom. The van der Waals surface area contributed by atoms with Gasteiger partial charge in [-0.2, -0.15) is 18.3 Å². The van der Waals surface area contributed by atoms with E-state index < -0.39 is 29.6 Å². The van der Waals surface area contributed by atoms with E-state index in [1.54, 1.807) is 0 Å². The average molecular weight is 258 g/mol. The molecule has 1 heterocycles. The summed E-state index contributed by atoms with van der Waals surface area (Å²) in [6.07, 6.45) is -4.66. The first-order valence-electron chi connectivity index (χ1n) is 4.31. The summed E-state index contributed by atoms with van der Waals surface area (Å²) < 4.78 is 38.8. The lowest BCUT2D eigenvalue weighted by Crippen LogP contribution is -2.38. The number of nitrogens with two attached hydrogens (primary N) is 1. The lowest BCUT2D eigenvalue weighted by atomic mass is 9.94. The lowest BCUT2D eigenvalue weighted by Gasteiger charge is -2.22. The van der Waals surface area contributed by atoms with Gasteiger partial charge in [0.2, 0.25) is 0 Å². The molecule has 0 aromatic carbocycles. The van der Waals surface area contributed by atoms with E-state index in [4.69, 9.17) is 22.4 Å². The molecule has 16 heavy (non-hydrogen) atoms. The molecule has 0 saturated carbocycles. The first kappa shape index (κ1) is 13.3. The Kier molecular flexibility index (Phi) is 3.24. The van der Waals surface area contributed by atoms with Gasteiger partial charge in [-0.3, -0.25) is 4.68 Å². The number of aliphatic hydroxyl groups is 1. The third kappa shape index (κ3) is 2.16. The minimum absolute atomic E-state index is 0.230. The van der Waals surface area contributed by atoms with Crippen molar-refractivity contribution in [1.29, 1.82) is 0 Å². The zero-order valence-corrected chi connectivity index (χ0v) is 9.39. The molecule has 1 aromatic rings. The molecule has 1 aromatic heterocycles. The maximum atomic E-state index is 12.6. The van der Waals surface area contributed by atoms with Gasteiger partial charge in [-0.05, 0) is 6.92 Å². The van der Waals surface area contributed by atoms with E-state index in [2.05, 4.69) is 5.10 Å². The van der Waals surface area contributed by atoms with Crippen molar-refractivity contribution in [2.75, 3.05) is 6.61 Å². The monoisotopic (exact) mass is 257 g/mol. The molecule has 0 saturated heterocycles. The zero-order valence-electron chi connectivity index (χ0n) is 8.64. The first-order chi connectivity index (χ1) is 7.11. The van der Waals surface area contributed by atoms with Gasteiger partial charge in [-0.1, -0.05) is 11.6 Å². The molecule has 3 N–H and O–H groups in total. The highest BCUT2D eigenvalue weighted by molar-refractivity contribution is 6.30. The predicted molar refractivity (Wildman–Crippen MR) is 51.8 cm³/mol. The summed E-state index contributed by atoms with van der Waals surface area (Å²) in [7, 11) is 1.27. The Morgan fingerprint density at radius 1 is 1.50 bits per heavy atom. The van der Waals surface area contributed by atoms with Crippen LogP contribution in [-0.2, 0) is 18.8 Å². The number of aryl methyl sites for hydroxylation is 1. The Bertz CT molecular complexity index is 400. The van der Waals surface area contributed by atoms with Crippen molar-refractivity contribution in [3.63, 3.8) is 0 Å². The van der Waals surface area contributed by atoms with Crippen LogP contribution in [0, 0.1) is 0 Å². The fraction of sp³-hybridized carbons (Fsp3) is 0.625. The van der Waals surface area contributed by atoms with Gasteiger partial charge >= 0.3 is 6.18 Å². The summed E-state index contributed by atoms with van der Waals surface area (Å²) in [5, 5.41) is 12.0. The SMILES string of the molecule is Cn1nc(C(F)(F)F)c(C(C)(N)CO)c1Cl. The summed E-state index contributed by atoms with van der Waals surface area (Å²) in [5.74, 6) is 0. The molecule has 8 heteroatoms. The van der Waals surface area contributed by atoms with E-state index in [0.717, 1.165) is 4.68 Å². The number of hydrogen-bond acceptors (Lipinski definition) is 3. The van der Waals surface area contributed by atoms with Crippen LogP contribution in [0.1, 0.15) is 18.2 Å². The van der Waals surface area contributed by atoms with Crippen LogP contribution in [0.25, 0.3) is 0 Å². The average Bonchev–Trinajstić information content (AvgIpc) is 2.43. The van der Waals surface area contributed by atoms with Crippen LogP contribution >= 0.6 is 11.6 Å². The molecule has 1 unspecified atom stereocenters. The molecule has 0 spiro atoms. The summed E-state index contributed by atoms with van der Waals surface area (Å²) >= 11 is 5.69. The summed E-state index contributed by atoms with van der Waals surface area (Å²) in [6, 6.07) is 0. The van der Waals surface area contributed by atoms with Crippen LogP contribution < -0.4 is 5.73 Å². The fourth-order valence-electron chi connectivity index (χ4n) is 1.29. The quantitative estimate of drug-likeness (QED) is 0.838. The van der Waals surface area contributed by atoms with Gasteiger partial charge in [0.25, 0.3) is 0 Å². The minimum atomic E-state index is -4.66. The largest absolute Gasteiger partial charge is 0.435 e. The highest BCUT2D eigenvalue weighted by Crippen LogP contribution is 2.38. The number of halogens is 4. The fourth-order valence-corrected chi connectivity index (χ4v) is 1.63. The Morgan fingerprint density at radius 3 is 2.38 bits per heavy atom. The maximum absolute atomic E-state index is 12.6. The summed E-state index contributed by atoms with van der Waals surface area (Å²) in [4.78, 5) is 0. The van der Waals surface area contributed by atoms with E-state index in [-0.39, 0.29) is 5.15 Å².